The summed E-state index contributed by atoms with van der Waals surface area (Å²) >= 11 is 1.45. The summed E-state index contributed by atoms with van der Waals surface area (Å²) in [5.41, 5.74) is 6.97. The van der Waals surface area contributed by atoms with Crippen LogP contribution in [0, 0.1) is 0 Å². The first-order chi connectivity index (χ1) is 9.50. The van der Waals surface area contributed by atoms with Crippen LogP contribution in [0.5, 0.6) is 0 Å². The Hall–Kier alpha value is -1.46. The van der Waals surface area contributed by atoms with Crippen molar-refractivity contribution in [3.8, 4) is 0 Å². The Morgan fingerprint density at radius 1 is 1.20 bits per heavy atom. The fourth-order valence-electron chi connectivity index (χ4n) is 1.85. The van der Waals surface area contributed by atoms with Crippen LogP contribution in [-0.2, 0) is 12.0 Å². The third-order valence-electron chi connectivity index (χ3n) is 2.97. The van der Waals surface area contributed by atoms with Gasteiger partial charge in [0.25, 0.3) is 0 Å². The number of benzene rings is 1. The molecular weight excluding hydrogens is 268 g/mol. The highest BCUT2D eigenvalue weighted by Gasteiger charge is 2.21. The molecule has 1 heterocycles. The van der Waals surface area contributed by atoms with E-state index < -0.39 is 0 Å². The molecule has 0 aliphatic rings. The zero-order valence-corrected chi connectivity index (χ0v) is 13.2. The molecule has 0 radical (unpaired) electrons. The van der Waals surface area contributed by atoms with Gasteiger partial charge in [0.15, 0.2) is 0 Å². The lowest BCUT2D eigenvalue weighted by Crippen LogP contribution is -2.29. The molecule has 0 saturated heterocycles. The molecule has 4 nitrogen and oxygen atoms in total. The number of anilines is 1. The normalized spacial score (nSPS) is 11.6. The molecule has 0 unspecified atom stereocenters. The Bertz CT molecular complexity index is 530. The molecule has 1 aromatic heterocycles. The lowest BCUT2D eigenvalue weighted by molar-refractivity contribution is 0.554. The quantitative estimate of drug-likeness (QED) is 0.920. The van der Waals surface area contributed by atoms with E-state index in [1.165, 1.54) is 17.1 Å². The largest absolute Gasteiger partial charge is 0.341 e. The Kier molecular flexibility index (Phi) is 4.73. The number of nitrogens with zero attached hydrogens (tertiary/aromatic N) is 3. The number of hydrogen-bond acceptors (Lipinski definition) is 5. The second-order valence-corrected chi connectivity index (χ2v) is 6.58. The summed E-state index contributed by atoms with van der Waals surface area (Å²) in [5.74, 6) is 0.896. The molecule has 0 atom stereocenters. The predicted molar refractivity (Wildman–Crippen MR) is 85.2 cm³/mol. The maximum Gasteiger partial charge on any atom is 0.205 e. The maximum absolute atomic E-state index is 5.73. The van der Waals surface area contributed by atoms with Crippen LogP contribution in [0.3, 0.4) is 0 Å². The van der Waals surface area contributed by atoms with Crippen LogP contribution in [0.1, 0.15) is 32.2 Å². The van der Waals surface area contributed by atoms with Gasteiger partial charge >= 0.3 is 0 Å². The van der Waals surface area contributed by atoms with E-state index in [0.29, 0.717) is 6.54 Å². The van der Waals surface area contributed by atoms with Gasteiger partial charge in [-0.2, -0.15) is 4.37 Å². The highest BCUT2D eigenvalue weighted by Crippen LogP contribution is 2.26. The molecule has 0 spiro atoms. The number of aromatic nitrogens is 2. The summed E-state index contributed by atoms with van der Waals surface area (Å²) in [5, 5.41) is 0.948. The van der Waals surface area contributed by atoms with Crippen molar-refractivity contribution in [3.05, 3.63) is 41.7 Å². The zero-order valence-electron chi connectivity index (χ0n) is 12.3. The van der Waals surface area contributed by atoms with E-state index in [1.54, 1.807) is 0 Å². The molecule has 0 saturated carbocycles. The van der Waals surface area contributed by atoms with Crippen LogP contribution in [0.4, 0.5) is 5.13 Å². The molecule has 2 N–H and O–H groups in total. The second-order valence-electron chi connectivity index (χ2n) is 5.85. The summed E-state index contributed by atoms with van der Waals surface area (Å²) in [6, 6.07) is 10.4. The Labute approximate surface area is 124 Å². The van der Waals surface area contributed by atoms with Gasteiger partial charge in [-0.25, -0.2) is 4.98 Å². The van der Waals surface area contributed by atoms with Crippen molar-refractivity contribution in [1.29, 1.82) is 0 Å². The van der Waals surface area contributed by atoms with E-state index in [2.05, 4.69) is 59.3 Å². The fraction of sp³-hybridized carbons (Fsp3) is 0.467. The second kappa shape index (κ2) is 6.33. The topological polar surface area (TPSA) is 55.0 Å². The minimum Gasteiger partial charge on any atom is -0.341 e. The van der Waals surface area contributed by atoms with Gasteiger partial charge in [-0.05, 0) is 5.56 Å². The van der Waals surface area contributed by atoms with E-state index in [1.807, 2.05) is 6.07 Å². The summed E-state index contributed by atoms with van der Waals surface area (Å²) in [7, 11) is 0. The monoisotopic (exact) mass is 290 g/mol. The summed E-state index contributed by atoms with van der Waals surface area (Å²) in [4.78, 5) is 6.87. The molecule has 0 aliphatic carbocycles. The SMILES string of the molecule is CC(C)(C)c1nsc(N(CCN)Cc2ccccc2)n1. The first kappa shape index (κ1) is 14.9. The predicted octanol–water partition coefficient (Wildman–Crippen LogP) is 2.80. The maximum atomic E-state index is 5.73. The Morgan fingerprint density at radius 3 is 2.45 bits per heavy atom. The fourth-order valence-corrected chi connectivity index (χ4v) is 2.73. The van der Waals surface area contributed by atoms with Gasteiger partial charge in [0, 0.05) is 36.6 Å². The van der Waals surface area contributed by atoms with Crippen molar-refractivity contribution in [2.75, 3.05) is 18.0 Å². The lowest BCUT2D eigenvalue weighted by Gasteiger charge is -2.21. The summed E-state index contributed by atoms with van der Waals surface area (Å²) in [6.07, 6.45) is 0. The average molecular weight is 290 g/mol. The third kappa shape index (κ3) is 3.77. The highest BCUT2D eigenvalue weighted by atomic mass is 32.1. The first-order valence-corrected chi connectivity index (χ1v) is 7.61. The lowest BCUT2D eigenvalue weighted by atomic mass is 9.96. The summed E-state index contributed by atoms with van der Waals surface area (Å²) < 4.78 is 4.48. The molecule has 5 heteroatoms. The van der Waals surface area contributed by atoms with E-state index in [-0.39, 0.29) is 5.41 Å². The van der Waals surface area contributed by atoms with E-state index in [0.717, 1.165) is 24.0 Å². The van der Waals surface area contributed by atoms with Gasteiger partial charge in [0.2, 0.25) is 5.13 Å². The molecule has 0 bridgehead atoms. The standard InChI is InChI=1S/C15H22N4S/c1-15(2,3)13-17-14(20-18-13)19(10-9-16)11-12-7-5-4-6-8-12/h4-8H,9-11,16H2,1-3H3. The minimum atomic E-state index is -0.0180. The number of nitrogens with two attached hydrogens (primary N) is 1. The van der Waals surface area contributed by atoms with Crippen LogP contribution < -0.4 is 10.6 Å². The van der Waals surface area contributed by atoms with Crippen LogP contribution in [0.2, 0.25) is 0 Å². The highest BCUT2D eigenvalue weighted by molar-refractivity contribution is 7.09. The van der Waals surface area contributed by atoms with Gasteiger partial charge in [0.05, 0.1) is 0 Å². The van der Waals surface area contributed by atoms with Gasteiger partial charge < -0.3 is 10.6 Å². The minimum absolute atomic E-state index is 0.0180. The smallest absolute Gasteiger partial charge is 0.205 e. The van der Waals surface area contributed by atoms with Crippen LogP contribution in [-0.4, -0.2) is 22.4 Å². The molecule has 0 fully saturated rings. The van der Waals surface area contributed by atoms with Crippen LogP contribution in [0.25, 0.3) is 0 Å². The Balaban J connectivity index is 2.18. The van der Waals surface area contributed by atoms with Gasteiger partial charge in [-0.3, -0.25) is 0 Å². The molecule has 2 rings (SSSR count). The van der Waals surface area contributed by atoms with Crippen LogP contribution >= 0.6 is 11.5 Å². The number of hydrogen-bond donors (Lipinski definition) is 1. The first-order valence-electron chi connectivity index (χ1n) is 6.84. The molecule has 20 heavy (non-hydrogen) atoms. The summed E-state index contributed by atoms with van der Waals surface area (Å²) in [6.45, 7) is 8.59. The third-order valence-corrected chi connectivity index (χ3v) is 3.75. The van der Waals surface area contributed by atoms with Gasteiger partial charge in [0.1, 0.15) is 5.82 Å². The molecule has 0 aliphatic heterocycles. The van der Waals surface area contributed by atoms with E-state index in [4.69, 9.17) is 5.73 Å². The molecule has 0 amide bonds. The average Bonchev–Trinajstić information content (AvgIpc) is 2.89. The molecule has 2 aromatic rings. The van der Waals surface area contributed by atoms with Gasteiger partial charge in [-0.15, -0.1) is 0 Å². The van der Waals surface area contributed by atoms with E-state index >= 15 is 0 Å². The van der Waals surface area contributed by atoms with Crippen molar-refractivity contribution in [3.63, 3.8) is 0 Å². The Morgan fingerprint density at radius 2 is 1.90 bits per heavy atom. The molecular formula is C15H22N4S. The van der Waals surface area contributed by atoms with Crippen LogP contribution in [0.15, 0.2) is 30.3 Å². The van der Waals surface area contributed by atoms with E-state index in [9.17, 15) is 0 Å². The number of rotatable bonds is 5. The molecule has 1 aromatic carbocycles. The zero-order chi connectivity index (χ0) is 14.6. The van der Waals surface area contributed by atoms with Crippen molar-refractivity contribution in [1.82, 2.24) is 9.36 Å². The molecule has 108 valence electrons. The van der Waals surface area contributed by atoms with Gasteiger partial charge in [-0.1, -0.05) is 51.1 Å². The van der Waals surface area contributed by atoms with Crippen molar-refractivity contribution in [2.45, 2.75) is 32.7 Å². The van der Waals surface area contributed by atoms with Crippen molar-refractivity contribution >= 4 is 16.7 Å². The van der Waals surface area contributed by atoms with Crippen molar-refractivity contribution < 1.29 is 0 Å². The van der Waals surface area contributed by atoms with Crippen molar-refractivity contribution in [2.24, 2.45) is 5.73 Å².